The molecule has 1 aliphatic heterocycles. The summed E-state index contributed by atoms with van der Waals surface area (Å²) in [6.45, 7) is 7.43. The van der Waals surface area contributed by atoms with E-state index in [1.807, 2.05) is 39.2 Å². The minimum absolute atomic E-state index is 0. The molecule has 1 atom stereocenters. The molecule has 0 saturated heterocycles. The largest absolute Gasteiger partial charge is 0.494 e. The fraction of sp³-hybridized carbons (Fsp3) is 0.480. The summed E-state index contributed by atoms with van der Waals surface area (Å²) in [6.07, 6.45) is 1.12. The minimum Gasteiger partial charge on any atom is -0.494 e. The number of likely N-dealkylation sites (N-methyl/N-ethyl adjacent to an activating group) is 1. The van der Waals surface area contributed by atoms with Gasteiger partial charge in [0.2, 0.25) is 0 Å². The zero-order valence-electron chi connectivity index (χ0n) is 20.3. The molecule has 8 heteroatoms. The molecular weight excluding hydrogens is 531 g/mol. The van der Waals surface area contributed by atoms with Crippen molar-refractivity contribution in [3.8, 4) is 17.2 Å². The van der Waals surface area contributed by atoms with Crippen molar-refractivity contribution in [1.29, 1.82) is 0 Å². The van der Waals surface area contributed by atoms with Gasteiger partial charge >= 0.3 is 0 Å². The molecule has 0 radical (unpaired) electrons. The molecule has 1 unspecified atom stereocenters. The van der Waals surface area contributed by atoms with Crippen molar-refractivity contribution in [2.24, 2.45) is 4.99 Å². The predicted molar refractivity (Wildman–Crippen MR) is 144 cm³/mol. The van der Waals surface area contributed by atoms with E-state index in [2.05, 4.69) is 45.6 Å². The third-order valence-corrected chi connectivity index (χ3v) is 5.26. The van der Waals surface area contributed by atoms with Gasteiger partial charge in [-0.05, 0) is 46.1 Å². The summed E-state index contributed by atoms with van der Waals surface area (Å²) in [6, 6.07) is 12.3. The fourth-order valence-corrected chi connectivity index (χ4v) is 3.62. The number of rotatable bonds is 10. The maximum absolute atomic E-state index is 5.96. The van der Waals surface area contributed by atoms with E-state index in [1.165, 1.54) is 5.56 Å². The first-order valence-electron chi connectivity index (χ1n) is 11.2. The van der Waals surface area contributed by atoms with Gasteiger partial charge in [0.1, 0.15) is 30.0 Å². The van der Waals surface area contributed by atoms with Gasteiger partial charge in [-0.3, -0.25) is 4.99 Å². The van der Waals surface area contributed by atoms with Crippen LogP contribution in [0.3, 0.4) is 0 Å². The molecule has 0 amide bonds. The molecule has 33 heavy (non-hydrogen) atoms. The number of aliphatic imine (C=N–C) groups is 1. The highest BCUT2D eigenvalue weighted by Crippen LogP contribution is 2.35. The molecule has 0 aromatic heterocycles. The van der Waals surface area contributed by atoms with E-state index in [1.54, 1.807) is 7.05 Å². The van der Waals surface area contributed by atoms with Crippen LogP contribution in [0.25, 0.3) is 0 Å². The lowest BCUT2D eigenvalue weighted by atomic mass is 10.1. The van der Waals surface area contributed by atoms with Crippen molar-refractivity contribution >= 4 is 29.9 Å². The van der Waals surface area contributed by atoms with Gasteiger partial charge in [0, 0.05) is 49.8 Å². The van der Waals surface area contributed by atoms with Crippen LogP contribution in [-0.2, 0) is 19.5 Å². The Labute approximate surface area is 214 Å². The number of nitrogens with zero attached hydrogens (tertiary/aromatic N) is 2. The standard InChI is InChI=1S/C25H36N4O3.HI/c1-6-30-23-14-20-13-18(2)32-24(20)15-21(23)17-28-25(26-3)27-16-19-9-7-8-10-22(19)31-12-11-29(4)5;/h7-10,14-15,18H,6,11-13,16-17H2,1-5H3,(H2,26,27,28);1H. The molecule has 2 aromatic rings. The first-order valence-corrected chi connectivity index (χ1v) is 11.2. The van der Waals surface area contributed by atoms with Crippen LogP contribution >= 0.6 is 24.0 Å². The van der Waals surface area contributed by atoms with Crippen LogP contribution < -0.4 is 24.8 Å². The highest BCUT2D eigenvalue weighted by Gasteiger charge is 2.22. The van der Waals surface area contributed by atoms with Gasteiger partial charge in [-0.25, -0.2) is 0 Å². The molecule has 1 aliphatic rings. The van der Waals surface area contributed by atoms with E-state index < -0.39 is 0 Å². The Hall–Kier alpha value is -2.20. The molecule has 3 rings (SSSR count). The van der Waals surface area contributed by atoms with E-state index in [9.17, 15) is 0 Å². The Morgan fingerprint density at radius 3 is 2.52 bits per heavy atom. The van der Waals surface area contributed by atoms with Gasteiger partial charge in [-0.1, -0.05) is 18.2 Å². The Morgan fingerprint density at radius 2 is 1.82 bits per heavy atom. The first kappa shape index (κ1) is 27.0. The van der Waals surface area contributed by atoms with Crippen LogP contribution in [0.2, 0.25) is 0 Å². The number of halogens is 1. The summed E-state index contributed by atoms with van der Waals surface area (Å²) in [5.74, 6) is 3.45. The Morgan fingerprint density at radius 1 is 1.09 bits per heavy atom. The molecular formula is C25H37IN4O3. The average Bonchev–Trinajstić information content (AvgIpc) is 3.13. The molecule has 0 aliphatic carbocycles. The monoisotopic (exact) mass is 568 g/mol. The summed E-state index contributed by atoms with van der Waals surface area (Å²) in [7, 11) is 5.85. The Kier molecular flexibility index (Phi) is 11.1. The van der Waals surface area contributed by atoms with Crippen LogP contribution in [0.5, 0.6) is 17.2 Å². The van der Waals surface area contributed by atoms with E-state index in [0.717, 1.165) is 41.3 Å². The normalized spacial score (nSPS) is 14.8. The second-order valence-corrected chi connectivity index (χ2v) is 8.17. The molecule has 2 aromatic carbocycles. The van der Waals surface area contributed by atoms with Gasteiger partial charge in [0.05, 0.1) is 6.61 Å². The zero-order chi connectivity index (χ0) is 22.9. The number of ether oxygens (including phenoxy) is 3. The molecule has 0 fully saturated rings. The number of hydrogen-bond donors (Lipinski definition) is 2. The summed E-state index contributed by atoms with van der Waals surface area (Å²) < 4.78 is 17.8. The number of para-hydroxylation sites is 1. The van der Waals surface area contributed by atoms with Gasteiger partial charge in [0.25, 0.3) is 0 Å². The molecule has 182 valence electrons. The first-order chi connectivity index (χ1) is 15.5. The van der Waals surface area contributed by atoms with Crippen molar-refractivity contribution in [2.45, 2.75) is 39.5 Å². The van der Waals surface area contributed by atoms with Crippen molar-refractivity contribution in [1.82, 2.24) is 15.5 Å². The van der Waals surface area contributed by atoms with Gasteiger partial charge in [-0.2, -0.15) is 0 Å². The van der Waals surface area contributed by atoms with Gasteiger partial charge < -0.3 is 29.7 Å². The number of nitrogens with one attached hydrogen (secondary N) is 2. The van der Waals surface area contributed by atoms with E-state index in [-0.39, 0.29) is 30.1 Å². The predicted octanol–water partition coefficient (Wildman–Crippen LogP) is 3.83. The highest BCUT2D eigenvalue weighted by molar-refractivity contribution is 14.0. The van der Waals surface area contributed by atoms with Crippen LogP contribution in [0, 0.1) is 0 Å². The lowest BCUT2D eigenvalue weighted by molar-refractivity contribution is 0.254. The van der Waals surface area contributed by atoms with Crippen molar-refractivity contribution in [2.75, 3.05) is 40.9 Å². The van der Waals surface area contributed by atoms with Crippen molar-refractivity contribution in [3.05, 3.63) is 53.1 Å². The van der Waals surface area contributed by atoms with Crippen LogP contribution in [0.4, 0.5) is 0 Å². The van der Waals surface area contributed by atoms with Gasteiger partial charge in [0.15, 0.2) is 5.96 Å². The van der Waals surface area contributed by atoms with E-state index in [0.29, 0.717) is 32.3 Å². The molecule has 0 bridgehead atoms. The number of benzene rings is 2. The minimum atomic E-state index is 0. The van der Waals surface area contributed by atoms with Gasteiger partial charge in [-0.15, -0.1) is 24.0 Å². The maximum atomic E-state index is 5.96. The Balaban J connectivity index is 0.00000385. The number of hydrogen-bond acceptors (Lipinski definition) is 5. The molecule has 1 heterocycles. The van der Waals surface area contributed by atoms with Crippen LogP contribution in [0.1, 0.15) is 30.5 Å². The smallest absolute Gasteiger partial charge is 0.191 e. The molecule has 2 N–H and O–H groups in total. The summed E-state index contributed by atoms with van der Waals surface area (Å²) in [5.41, 5.74) is 3.34. The quantitative estimate of drug-likeness (QED) is 0.258. The topological polar surface area (TPSA) is 67.3 Å². The fourth-order valence-electron chi connectivity index (χ4n) is 3.62. The average molecular weight is 569 g/mol. The van der Waals surface area contributed by atoms with E-state index in [4.69, 9.17) is 14.2 Å². The summed E-state index contributed by atoms with van der Waals surface area (Å²) in [5, 5.41) is 6.77. The lowest BCUT2D eigenvalue weighted by Crippen LogP contribution is -2.36. The molecule has 7 nitrogen and oxygen atoms in total. The number of fused-ring (bicyclic) bond motifs is 1. The number of guanidine groups is 1. The zero-order valence-corrected chi connectivity index (χ0v) is 22.6. The van der Waals surface area contributed by atoms with Crippen LogP contribution in [-0.4, -0.2) is 57.9 Å². The SMILES string of the molecule is CCOc1cc2c(cc1CNC(=NC)NCc1ccccc1OCCN(C)C)OC(C)C2.I. The van der Waals surface area contributed by atoms with Crippen molar-refractivity contribution < 1.29 is 14.2 Å². The van der Waals surface area contributed by atoms with Crippen LogP contribution in [0.15, 0.2) is 41.4 Å². The third-order valence-electron chi connectivity index (χ3n) is 5.26. The van der Waals surface area contributed by atoms with Crippen molar-refractivity contribution in [3.63, 3.8) is 0 Å². The summed E-state index contributed by atoms with van der Waals surface area (Å²) >= 11 is 0. The Bertz CT molecular complexity index is 921. The molecule has 0 saturated carbocycles. The second-order valence-electron chi connectivity index (χ2n) is 8.17. The maximum Gasteiger partial charge on any atom is 0.191 e. The lowest BCUT2D eigenvalue weighted by Gasteiger charge is -2.17. The molecule has 0 spiro atoms. The van der Waals surface area contributed by atoms with E-state index >= 15 is 0 Å². The summed E-state index contributed by atoms with van der Waals surface area (Å²) in [4.78, 5) is 6.47. The second kappa shape index (κ2) is 13.5. The third kappa shape index (κ3) is 7.96. The highest BCUT2D eigenvalue weighted by atomic mass is 127.